The zero-order chi connectivity index (χ0) is 16.5. The number of benzene rings is 2. The van der Waals surface area contributed by atoms with Gasteiger partial charge in [-0.15, -0.1) is 0 Å². The summed E-state index contributed by atoms with van der Waals surface area (Å²) in [6.45, 7) is 5.47. The highest BCUT2D eigenvalue weighted by Gasteiger charge is 2.35. The van der Waals surface area contributed by atoms with Gasteiger partial charge in [0.2, 0.25) is 7.37 Å². The molecule has 2 atom stereocenters. The molecule has 4 nitrogen and oxygen atoms in total. The van der Waals surface area contributed by atoms with E-state index in [0.717, 1.165) is 0 Å². The quantitative estimate of drug-likeness (QED) is 0.576. The van der Waals surface area contributed by atoms with Crippen LogP contribution in [-0.2, 0) is 11.0 Å². The van der Waals surface area contributed by atoms with Gasteiger partial charge in [0.05, 0.1) is 5.30 Å². The summed E-state index contributed by atoms with van der Waals surface area (Å²) in [5.74, 6) is -0.175. The fraction of sp³-hybridized carbons (Fsp3) is 0.412. The first-order valence-corrected chi connectivity index (χ1v) is 9.37. The Bertz CT molecular complexity index is 739. The molecule has 22 heavy (non-hydrogen) atoms. The van der Waals surface area contributed by atoms with Gasteiger partial charge in [-0.05, 0) is 12.8 Å². The van der Waals surface area contributed by atoms with Gasteiger partial charge in [0.1, 0.15) is 11.5 Å². The number of fused-ring (bicyclic) bond motifs is 1. The van der Waals surface area contributed by atoms with Crippen molar-refractivity contribution in [3.05, 3.63) is 29.8 Å². The molecule has 0 aliphatic carbocycles. The van der Waals surface area contributed by atoms with E-state index in [4.69, 9.17) is 0 Å². The second-order valence-electron chi connectivity index (χ2n) is 5.70. The van der Waals surface area contributed by atoms with Crippen molar-refractivity contribution in [2.45, 2.75) is 45.7 Å². The fourth-order valence-electron chi connectivity index (χ4n) is 2.74. The maximum atomic E-state index is 12.9. The first-order chi connectivity index (χ1) is 10.4. The van der Waals surface area contributed by atoms with Crippen molar-refractivity contribution < 1.29 is 19.7 Å². The van der Waals surface area contributed by atoms with Crippen molar-refractivity contribution >= 4 is 23.4 Å². The lowest BCUT2D eigenvalue weighted by atomic mass is 10.0. The number of phenolic OH excluding ortho intramolecular Hbond substituents is 2. The lowest BCUT2D eigenvalue weighted by Gasteiger charge is -2.24. The molecule has 0 saturated carbocycles. The number of hydrogen-bond donors (Lipinski definition) is 3. The molecule has 0 aromatic heterocycles. The van der Waals surface area contributed by atoms with Crippen LogP contribution in [0.3, 0.4) is 0 Å². The lowest BCUT2D eigenvalue weighted by Crippen LogP contribution is -2.19. The van der Waals surface area contributed by atoms with E-state index in [1.165, 1.54) is 0 Å². The molecule has 0 radical (unpaired) electrons. The highest BCUT2D eigenvalue weighted by molar-refractivity contribution is 7.67. The summed E-state index contributed by atoms with van der Waals surface area (Å²) in [7, 11) is -3.78. The van der Waals surface area contributed by atoms with Crippen LogP contribution in [0.5, 0.6) is 11.5 Å². The lowest BCUT2D eigenvalue weighted by molar-refractivity contribution is 0.455. The third-order valence-electron chi connectivity index (χ3n) is 4.24. The van der Waals surface area contributed by atoms with Crippen molar-refractivity contribution in [1.29, 1.82) is 0 Å². The third-order valence-corrected chi connectivity index (χ3v) is 6.92. The molecule has 0 amide bonds. The molecule has 2 aromatic carbocycles. The van der Waals surface area contributed by atoms with Crippen molar-refractivity contribution in [2.24, 2.45) is 0 Å². The molecule has 2 aromatic rings. The van der Waals surface area contributed by atoms with E-state index in [-0.39, 0.29) is 16.8 Å². The van der Waals surface area contributed by atoms with Crippen LogP contribution in [0.4, 0.5) is 0 Å². The average molecular weight is 322 g/mol. The summed E-state index contributed by atoms with van der Waals surface area (Å²) >= 11 is 0. The van der Waals surface area contributed by atoms with Gasteiger partial charge < -0.3 is 15.1 Å². The highest BCUT2D eigenvalue weighted by Crippen LogP contribution is 2.52. The van der Waals surface area contributed by atoms with Gasteiger partial charge in [-0.1, -0.05) is 51.5 Å². The molecule has 0 bridgehead atoms. The Morgan fingerprint density at radius 3 is 2.14 bits per heavy atom. The Morgan fingerprint density at radius 2 is 1.64 bits per heavy atom. The van der Waals surface area contributed by atoms with E-state index < -0.39 is 13.0 Å². The van der Waals surface area contributed by atoms with Crippen molar-refractivity contribution in [3.63, 3.8) is 0 Å². The van der Waals surface area contributed by atoms with Gasteiger partial charge >= 0.3 is 0 Å². The zero-order valence-electron chi connectivity index (χ0n) is 13.2. The number of aromatic hydroxyl groups is 2. The topological polar surface area (TPSA) is 77.8 Å². The van der Waals surface area contributed by atoms with Crippen LogP contribution in [0.15, 0.2) is 24.3 Å². The summed E-state index contributed by atoms with van der Waals surface area (Å²) < 4.78 is 12.9. The minimum atomic E-state index is -3.78. The van der Waals surface area contributed by atoms with Crippen molar-refractivity contribution in [2.75, 3.05) is 0 Å². The number of rotatable bonds is 5. The summed E-state index contributed by atoms with van der Waals surface area (Å²) in [6.07, 6.45) is 1.67. The van der Waals surface area contributed by atoms with Gasteiger partial charge in [-0.25, -0.2) is 0 Å². The molecule has 0 heterocycles. The van der Waals surface area contributed by atoms with E-state index in [2.05, 4.69) is 0 Å². The third kappa shape index (κ3) is 2.62. The van der Waals surface area contributed by atoms with Crippen LogP contribution >= 0.6 is 7.37 Å². The molecule has 0 fully saturated rings. The monoisotopic (exact) mass is 322 g/mol. The zero-order valence-corrected chi connectivity index (χ0v) is 14.1. The van der Waals surface area contributed by atoms with E-state index in [9.17, 15) is 19.7 Å². The fourth-order valence-corrected chi connectivity index (χ4v) is 4.71. The first kappa shape index (κ1) is 16.9. The maximum absolute atomic E-state index is 12.9. The molecule has 2 rings (SSSR count). The predicted molar refractivity (Wildman–Crippen MR) is 90.5 cm³/mol. The SMILES string of the molecule is CCCc1c(P(=O)(O)C(C)CC)c(O)c2ccccc2c1O. The van der Waals surface area contributed by atoms with Gasteiger partial charge in [-0.2, -0.15) is 0 Å². The summed E-state index contributed by atoms with van der Waals surface area (Å²) in [5, 5.41) is 22.1. The Morgan fingerprint density at radius 1 is 1.09 bits per heavy atom. The van der Waals surface area contributed by atoms with Gasteiger partial charge in [-0.3, -0.25) is 4.57 Å². The summed E-state index contributed by atoms with van der Waals surface area (Å²) in [6, 6.07) is 6.86. The maximum Gasteiger partial charge on any atom is 0.236 e. The minimum Gasteiger partial charge on any atom is -0.507 e. The van der Waals surface area contributed by atoms with E-state index >= 15 is 0 Å². The Labute approximate surface area is 130 Å². The molecule has 0 spiro atoms. The number of phenols is 2. The van der Waals surface area contributed by atoms with Gasteiger partial charge in [0.25, 0.3) is 0 Å². The molecular formula is C17H23O4P. The minimum absolute atomic E-state index is 0.00262. The standard InChI is InChI=1S/C17H23O4P/c1-4-8-14-15(18)12-9-6-7-10-13(12)16(19)17(14)22(20,21)11(3)5-2/h6-7,9-11,18-19H,4-5,8H2,1-3H3,(H,20,21). The highest BCUT2D eigenvalue weighted by atomic mass is 31.2. The van der Waals surface area contributed by atoms with Crippen molar-refractivity contribution in [3.8, 4) is 11.5 Å². The van der Waals surface area contributed by atoms with Gasteiger partial charge in [0, 0.05) is 22.0 Å². The van der Waals surface area contributed by atoms with Crippen LogP contribution in [-0.4, -0.2) is 20.8 Å². The molecule has 0 aliphatic heterocycles. The van der Waals surface area contributed by atoms with E-state index in [0.29, 0.717) is 35.6 Å². The van der Waals surface area contributed by atoms with Crippen molar-refractivity contribution in [1.82, 2.24) is 0 Å². The summed E-state index contributed by atoms with van der Waals surface area (Å²) in [4.78, 5) is 10.6. The Hall–Kier alpha value is -1.51. The molecule has 0 saturated heterocycles. The van der Waals surface area contributed by atoms with Gasteiger partial charge in [0.15, 0.2) is 0 Å². The van der Waals surface area contributed by atoms with E-state index in [1.807, 2.05) is 13.8 Å². The molecule has 120 valence electrons. The van der Waals surface area contributed by atoms with Crippen LogP contribution in [0.25, 0.3) is 10.8 Å². The smallest absolute Gasteiger partial charge is 0.236 e. The average Bonchev–Trinajstić information content (AvgIpc) is 2.51. The molecular weight excluding hydrogens is 299 g/mol. The normalized spacial score (nSPS) is 15.6. The second kappa shape index (κ2) is 6.31. The molecule has 5 heteroatoms. The Balaban J connectivity index is 2.90. The molecule has 3 N–H and O–H groups in total. The van der Waals surface area contributed by atoms with Crippen LogP contribution in [0, 0.1) is 0 Å². The van der Waals surface area contributed by atoms with Crippen LogP contribution in [0.2, 0.25) is 0 Å². The molecule has 0 aliphatic rings. The van der Waals surface area contributed by atoms with E-state index in [1.54, 1.807) is 31.2 Å². The predicted octanol–water partition coefficient (Wildman–Crippen LogP) is 3.90. The summed E-state index contributed by atoms with van der Waals surface area (Å²) in [5.41, 5.74) is -0.0839. The first-order valence-electron chi connectivity index (χ1n) is 7.64. The molecule has 2 unspecified atom stereocenters. The van der Waals surface area contributed by atoms with Crippen LogP contribution in [0.1, 0.15) is 39.2 Å². The Kier molecular flexibility index (Phi) is 4.84. The number of hydrogen-bond acceptors (Lipinski definition) is 3. The second-order valence-corrected chi connectivity index (χ2v) is 8.27. The largest absolute Gasteiger partial charge is 0.507 e. The van der Waals surface area contributed by atoms with Crippen LogP contribution < -0.4 is 5.30 Å².